The first-order valence-corrected chi connectivity index (χ1v) is 9.41. The lowest BCUT2D eigenvalue weighted by atomic mass is 9.93. The largest absolute Gasteiger partial charge is 0.444 e. The van der Waals surface area contributed by atoms with E-state index in [1.807, 2.05) is 26.8 Å². The summed E-state index contributed by atoms with van der Waals surface area (Å²) in [5, 5.41) is 8.97. The molecule has 1 amide bonds. The van der Waals surface area contributed by atoms with Crippen LogP contribution in [0.25, 0.3) is 10.9 Å². The van der Waals surface area contributed by atoms with Crippen LogP contribution in [0.1, 0.15) is 45.2 Å². The number of fused-ring (bicyclic) bond motifs is 1. The predicted molar refractivity (Wildman–Crippen MR) is 102 cm³/mol. The Bertz CT molecular complexity index is 799. The first kappa shape index (κ1) is 18.3. The van der Waals surface area contributed by atoms with Gasteiger partial charge in [-0.1, -0.05) is 0 Å². The summed E-state index contributed by atoms with van der Waals surface area (Å²) in [5.41, 5.74) is 0.864. The summed E-state index contributed by atoms with van der Waals surface area (Å²) in [6, 6.07) is 5.11. The van der Waals surface area contributed by atoms with Crippen LogP contribution < -0.4 is 0 Å². The van der Waals surface area contributed by atoms with Gasteiger partial charge in [0.15, 0.2) is 0 Å². The van der Waals surface area contributed by atoms with Crippen molar-refractivity contribution in [1.29, 1.82) is 0 Å². The molecule has 5 nitrogen and oxygen atoms in total. The van der Waals surface area contributed by atoms with Gasteiger partial charge in [0.1, 0.15) is 11.4 Å². The first-order valence-electron chi connectivity index (χ1n) is 8.33. The minimum absolute atomic E-state index is 0.175. The summed E-state index contributed by atoms with van der Waals surface area (Å²) in [5.74, 6) is -0.0986. The van der Waals surface area contributed by atoms with Gasteiger partial charge in [-0.05, 0) is 74.4 Å². The highest BCUT2D eigenvalue weighted by Gasteiger charge is 2.28. The lowest BCUT2D eigenvalue weighted by Gasteiger charge is -2.33. The van der Waals surface area contributed by atoms with Crippen molar-refractivity contribution >= 4 is 39.6 Å². The molecular formula is C18H21FIN3O2. The molecule has 7 heteroatoms. The van der Waals surface area contributed by atoms with Crippen molar-refractivity contribution in [2.45, 2.75) is 45.1 Å². The molecule has 1 saturated heterocycles. The van der Waals surface area contributed by atoms with E-state index in [1.165, 1.54) is 6.07 Å². The maximum atomic E-state index is 14.2. The van der Waals surface area contributed by atoms with Crippen molar-refractivity contribution in [2.24, 2.45) is 0 Å². The Hall–Kier alpha value is -1.51. The van der Waals surface area contributed by atoms with Crippen LogP contribution in [0.5, 0.6) is 0 Å². The molecule has 0 aliphatic carbocycles. The number of aromatic nitrogens is 2. The van der Waals surface area contributed by atoms with Crippen LogP contribution in [-0.2, 0) is 4.74 Å². The van der Waals surface area contributed by atoms with Gasteiger partial charge in [-0.2, -0.15) is 10.2 Å². The molecule has 0 atom stereocenters. The molecule has 134 valence electrons. The number of piperidine rings is 1. The predicted octanol–water partition coefficient (Wildman–Crippen LogP) is 4.49. The van der Waals surface area contributed by atoms with E-state index in [0.717, 1.165) is 22.1 Å². The van der Waals surface area contributed by atoms with Gasteiger partial charge in [0.2, 0.25) is 0 Å². The second-order valence-corrected chi connectivity index (χ2v) is 8.58. The minimum atomic E-state index is -0.493. The van der Waals surface area contributed by atoms with Gasteiger partial charge in [-0.3, -0.25) is 0 Å². The summed E-state index contributed by atoms with van der Waals surface area (Å²) in [6.45, 7) is 6.79. The van der Waals surface area contributed by atoms with Crippen molar-refractivity contribution in [2.75, 3.05) is 13.1 Å². The summed E-state index contributed by atoms with van der Waals surface area (Å²) < 4.78 is 20.4. The molecule has 2 aromatic rings. The summed E-state index contributed by atoms with van der Waals surface area (Å²) in [6.07, 6.45) is 1.26. The van der Waals surface area contributed by atoms with Crippen molar-refractivity contribution in [3.05, 3.63) is 33.3 Å². The Morgan fingerprint density at radius 1 is 1.24 bits per heavy atom. The molecule has 1 aliphatic heterocycles. The Balaban J connectivity index is 1.71. The Morgan fingerprint density at radius 3 is 2.56 bits per heavy atom. The SMILES string of the molecule is CC(C)(C)OC(=O)N1CCC(c2cc3c(F)cc(I)cc3nn2)CC1. The number of benzene rings is 1. The van der Waals surface area contributed by atoms with Crippen molar-refractivity contribution in [3.8, 4) is 0 Å². The van der Waals surface area contributed by atoms with Crippen LogP contribution in [0.4, 0.5) is 9.18 Å². The molecule has 1 aliphatic rings. The second-order valence-electron chi connectivity index (χ2n) is 7.33. The zero-order valence-electron chi connectivity index (χ0n) is 14.6. The Kier molecular flexibility index (Phi) is 5.13. The highest BCUT2D eigenvalue weighted by Crippen LogP contribution is 2.29. The van der Waals surface area contributed by atoms with Crippen LogP contribution in [0.15, 0.2) is 18.2 Å². The molecule has 0 saturated carbocycles. The summed E-state index contributed by atoms with van der Waals surface area (Å²) in [4.78, 5) is 13.9. The number of carbonyl (C=O) groups excluding carboxylic acids is 1. The number of halogens is 2. The number of hydrogen-bond acceptors (Lipinski definition) is 4. The quantitative estimate of drug-likeness (QED) is 0.593. The molecule has 0 radical (unpaired) electrons. The van der Waals surface area contributed by atoms with Gasteiger partial charge < -0.3 is 9.64 Å². The van der Waals surface area contributed by atoms with Crippen LogP contribution in [-0.4, -0.2) is 39.9 Å². The second kappa shape index (κ2) is 7.01. The topological polar surface area (TPSA) is 55.3 Å². The molecule has 0 unspecified atom stereocenters. The first-order chi connectivity index (χ1) is 11.7. The lowest BCUT2D eigenvalue weighted by molar-refractivity contribution is 0.0204. The van der Waals surface area contributed by atoms with Crippen molar-refractivity contribution < 1.29 is 13.9 Å². The molecule has 1 aromatic heterocycles. The number of hydrogen-bond donors (Lipinski definition) is 0. The van der Waals surface area contributed by atoms with E-state index in [-0.39, 0.29) is 17.8 Å². The van der Waals surface area contributed by atoms with E-state index in [0.29, 0.717) is 24.0 Å². The molecule has 25 heavy (non-hydrogen) atoms. The fourth-order valence-corrected chi connectivity index (χ4v) is 3.54. The zero-order chi connectivity index (χ0) is 18.2. The van der Waals surface area contributed by atoms with Crippen LogP contribution in [0.3, 0.4) is 0 Å². The molecule has 0 bridgehead atoms. The minimum Gasteiger partial charge on any atom is -0.444 e. The maximum absolute atomic E-state index is 14.2. The number of nitrogens with zero attached hydrogens (tertiary/aromatic N) is 3. The van der Waals surface area contributed by atoms with E-state index >= 15 is 0 Å². The highest BCUT2D eigenvalue weighted by atomic mass is 127. The smallest absolute Gasteiger partial charge is 0.410 e. The highest BCUT2D eigenvalue weighted by molar-refractivity contribution is 14.1. The van der Waals surface area contributed by atoms with Crippen molar-refractivity contribution in [3.63, 3.8) is 0 Å². The van der Waals surface area contributed by atoms with E-state index < -0.39 is 5.60 Å². The standard InChI is InChI=1S/C18H21FIN3O2/c1-18(2,3)25-17(24)23-6-4-11(5-7-23)15-10-13-14(19)8-12(20)9-16(13)22-21-15/h8-11H,4-7H2,1-3H3. The third-order valence-electron chi connectivity index (χ3n) is 4.20. The Morgan fingerprint density at radius 2 is 1.92 bits per heavy atom. The number of carbonyl (C=O) groups is 1. The fourth-order valence-electron chi connectivity index (χ4n) is 2.97. The van der Waals surface area contributed by atoms with E-state index in [2.05, 4.69) is 32.8 Å². The van der Waals surface area contributed by atoms with Crippen LogP contribution in [0.2, 0.25) is 0 Å². The molecule has 3 rings (SSSR count). The molecule has 1 aromatic carbocycles. The van der Waals surface area contributed by atoms with Gasteiger partial charge in [-0.15, -0.1) is 0 Å². The molecular weight excluding hydrogens is 436 g/mol. The summed E-state index contributed by atoms with van der Waals surface area (Å²) >= 11 is 2.07. The van der Waals surface area contributed by atoms with E-state index in [9.17, 15) is 9.18 Å². The Labute approximate surface area is 160 Å². The number of rotatable bonds is 1. The van der Waals surface area contributed by atoms with E-state index in [4.69, 9.17) is 4.74 Å². The van der Waals surface area contributed by atoms with Gasteiger partial charge in [0.05, 0.1) is 11.2 Å². The zero-order valence-corrected chi connectivity index (χ0v) is 16.7. The number of likely N-dealkylation sites (tertiary alicyclic amines) is 1. The van der Waals surface area contributed by atoms with Crippen molar-refractivity contribution in [1.82, 2.24) is 15.1 Å². The third-order valence-corrected chi connectivity index (χ3v) is 4.83. The fraction of sp³-hybridized carbons (Fsp3) is 0.500. The molecule has 1 fully saturated rings. The van der Waals surface area contributed by atoms with Gasteiger partial charge in [-0.25, -0.2) is 9.18 Å². The van der Waals surface area contributed by atoms with Crippen LogP contribution in [0, 0.1) is 9.39 Å². The number of ether oxygens (including phenoxy) is 1. The van der Waals surface area contributed by atoms with E-state index in [1.54, 1.807) is 11.0 Å². The lowest BCUT2D eigenvalue weighted by Crippen LogP contribution is -2.41. The average molecular weight is 457 g/mol. The maximum Gasteiger partial charge on any atom is 0.410 e. The third kappa shape index (κ3) is 4.37. The van der Waals surface area contributed by atoms with Gasteiger partial charge >= 0.3 is 6.09 Å². The van der Waals surface area contributed by atoms with Gasteiger partial charge in [0, 0.05) is 28.0 Å². The number of amides is 1. The monoisotopic (exact) mass is 457 g/mol. The summed E-state index contributed by atoms with van der Waals surface area (Å²) in [7, 11) is 0. The normalized spacial score (nSPS) is 16.3. The van der Waals surface area contributed by atoms with Gasteiger partial charge in [0.25, 0.3) is 0 Å². The molecule has 0 N–H and O–H groups in total. The average Bonchev–Trinajstić information content (AvgIpc) is 2.53. The van der Waals surface area contributed by atoms with Crippen LogP contribution >= 0.6 is 22.6 Å². The molecule has 2 heterocycles. The molecule has 0 spiro atoms.